The lowest BCUT2D eigenvalue weighted by Gasteiger charge is -2.26. The smallest absolute Gasteiger partial charge is 0.270 e. The number of hydrogen-bond acceptors (Lipinski definition) is 5. The third-order valence-electron chi connectivity index (χ3n) is 4.31. The van der Waals surface area contributed by atoms with Gasteiger partial charge in [0.05, 0.1) is 17.1 Å². The third-order valence-corrected chi connectivity index (χ3v) is 4.31. The Balaban J connectivity index is 1.82. The summed E-state index contributed by atoms with van der Waals surface area (Å²) in [6.45, 7) is 1.26. The predicted octanol–water partition coefficient (Wildman–Crippen LogP) is 2.93. The average Bonchev–Trinajstić information content (AvgIpc) is 2.65. The van der Waals surface area contributed by atoms with E-state index in [4.69, 9.17) is 4.74 Å². The minimum atomic E-state index is -0.509. The lowest BCUT2D eigenvalue weighted by atomic mass is 9.93. The first-order valence-electron chi connectivity index (χ1n) is 8.06. The predicted molar refractivity (Wildman–Crippen MR) is 94.3 cm³/mol. The number of nitro groups is 1. The van der Waals surface area contributed by atoms with Crippen molar-refractivity contribution < 1.29 is 14.5 Å². The fourth-order valence-electron chi connectivity index (χ4n) is 2.98. The molecule has 7 nitrogen and oxygen atoms in total. The fraction of sp³-hybridized carbons (Fsp3) is 0.278. The van der Waals surface area contributed by atoms with Crippen molar-refractivity contribution >= 4 is 17.3 Å². The van der Waals surface area contributed by atoms with Gasteiger partial charge >= 0.3 is 0 Å². The van der Waals surface area contributed by atoms with Crippen LogP contribution in [0.15, 0.2) is 42.5 Å². The number of carbonyl (C=O) groups excluding carboxylic acids is 1. The molecule has 0 fully saturated rings. The molecule has 1 aliphatic rings. The second kappa shape index (κ2) is 7.21. The van der Waals surface area contributed by atoms with E-state index in [2.05, 4.69) is 10.6 Å². The molecule has 25 heavy (non-hydrogen) atoms. The van der Waals surface area contributed by atoms with Crippen molar-refractivity contribution in [2.75, 3.05) is 25.5 Å². The Morgan fingerprint density at radius 3 is 2.88 bits per heavy atom. The van der Waals surface area contributed by atoms with E-state index in [-0.39, 0.29) is 23.1 Å². The molecule has 130 valence electrons. The molecule has 0 saturated heterocycles. The lowest BCUT2D eigenvalue weighted by Crippen LogP contribution is -2.23. The third kappa shape index (κ3) is 3.55. The summed E-state index contributed by atoms with van der Waals surface area (Å²) in [7, 11) is 1.50. The zero-order valence-corrected chi connectivity index (χ0v) is 13.8. The number of rotatable bonds is 5. The fourth-order valence-corrected chi connectivity index (χ4v) is 2.98. The number of ether oxygens (including phenoxy) is 1. The summed E-state index contributed by atoms with van der Waals surface area (Å²) in [4.78, 5) is 22.5. The molecule has 0 radical (unpaired) electrons. The molecule has 2 N–H and O–H groups in total. The van der Waals surface area contributed by atoms with Gasteiger partial charge in [-0.2, -0.15) is 0 Å². The summed E-state index contributed by atoms with van der Waals surface area (Å²) in [5.74, 6) is 0.770. The van der Waals surface area contributed by atoms with E-state index in [1.807, 2.05) is 24.3 Å². The number of carbonyl (C=O) groups is 1. The van der Waals surface area contributed by atoms with Crippen molar-refractivity contribution in [1.82, 2.24) is 5.32 Å². The van der Waals surface area contributed by atoms with Crippen LogP contribution < -0.4 is 15.4 Å². The SMILES string of the molecule is CNC(=O)c1cc([N+](=O)[O-])ccc1NCC1CCOc2ccccc21. The van der Waals surface area contributed by atoms with Crippen LogP contribution in [0.25, 0.3) is 0 Å². The summed E-state index contributed by atoms with van der Waals surface area (Å²) in [6, 6.07) is 12.2. The highest BCUT2D eigenvalue weighted by Crippen LogP contribution is 2.34. The summed E-state index contributed by atoms with van der Waals surface area (Å²) in [5, 5.41) is 16.7. The number of fused-ring (bicyclic) bond motifs is 1. The standard InChI is InChI=1S/C18H19N3O4/c1-19-18(22)15-10-13(21(23)24)6-7-16(15)20-11-12-8-9-25-17-5-3-2-4-14(12)17/h2-7,10,12,20H,8-9,11H2,1H3,(H,19,22). The van der Waals surface area contributed by atoms with Gasteiger partial charge in [-0.15, -0.1) is 0 Å². The van der Waals surface area contributed by atoms with Crippen molar-refractivity contribution in [2.24, 2.45) is 0 Å². The van der Waals surface area contributed by atoms with Gasteiger partial charge < -0.3 is 15.4 Å². The molecule has 2 aromatic rings. The zero-order chi connectivity index (χ0) is 17.8. The number of para-hydroxylation sites is 1. The van der Waals surface area contributed by atoms with Gasteiger partial charge in [-0.25, -0.2) is 0 Å². The maximum absolute atomic E-state index is 12.1. The van der Waals surface area contributed by atoms with Crippen LogP contribution in [0.1, 0.15) is 28.3 Å². The lowest BCUT2D eigenvalue weighted by molar-refractivity contribution is -0.384. The molecular formula is C18H19N3O4. The molecule has 3 rings (SSSR count). The van der Waals surface area contributed by atoms with Gasteiger partial charge in [-0.1, -0.05) is 18.2 Å². The molecule has 1 unspecified atom stereocenters. The quantitative estimate of drug-likeness (QED) is 0.644. The Labute approximate surface area is 145 Å². The van der Waals surface area contributed by atoms with Crippen molar-refractivity contribution in [2.45, 2.75) is 12.3 Å². The van der Waals surface area contributed by atoms with Crippen LogP contribution in [-0.2, 0) is 0 Å². The van der Waals surface area contributed by atoms with E-state index in [1.165, 1.54) is 19.2 Å². The molecule has 0 spiro atoms. The van der Waals surface area contributed by atoms with E-state index >= 15 is 0 Å². The van der Waals surface area contributed by atoms with Crippen LogP contribution in [0, 0.1) is 10.1 Å². The molecule has 1 atom stereocenters. The van der Waals surface area contributed by atoms with Gasteiger partial charge in [0.1, 0.15) is 5.75 Å². The number of hydrogen-bond donors (Lipinski definition) is 2. The van der Waals surface area contributed by atoms with Crippen molar-refractivity contribution in [3.63, 3.8) is 0 Å². The van der Waals surface area contributed by atoms with E-state index < -0.39 is 4.92 Å². The largest absolute Gasteiger partial charge is 0.493 e. The number of nitrogens with one attached hydrogen (secondary N) is 2. The highest BCUT2D eigenvalue weighted by Gasteiger charge is 2.22. The average molecular weight is 341 g/mol. The number of nitrogens with zero attached hydrogens (tertiary/aromatic N) is 1. The molecule has 1 aliphatic heterocycles. The van der Waals surface area contributed by atoms with Gasteiger partial charge in [-0.3, -0.25) is 14.9 Å². The number of amides is 1. The molecule has 0 aromatic heterocycles. The Kier molecular flexibility index (Phi) is 4.83. The number of benzene rings is 2. The molecule has 7 heteroatoms. The second-order valence-corrected chi connectivity index (χ2v) is 5.82. The highest BCUT2D eigenvalue weighted by molar-refractivity contribution is 6.00. The first-order valence-corrected chi connectivity index (χ1v) is 8.06. The van der Waals surface area contributed by atoms with Gasteiger partial charge in [0.15, 0.2) is 0 Å². The molecule has 0 aliphatic carbocycles. The maximum atomic E-state index is 12.1. The van der Waals surface area contributed by atoms with Crippen LogP contribution in [0.4, 0.5) is 11.4 Å². The Bertz CT molecular complexity index is 807. The molecular weight excluding hydrogens is 322 g/mol. The minimum absolute atomic E-state index is 0.111. The van der Waals surface area contributed by atoms with Crippen LogP contribution in [0.5, 0.6) is 5.75 Å². The molecule has 0 bridgehead atoms. The molecule has 2 aromatic carbocycles. The number of anilines is 1. The highest BCUT2D eigenvalue weighted by atomic mass is 16.6. The van der Waals surface area contributed by atoms with Crippen molar-refractivity contribution in [3.05, 3.63) is 63.7 Å². The number of non-ortho nitro benzene ring substituents is 1. The van der Waals surface area contributed by atoms with Crippen molar-refractivity contribution in [1.29, 1.82) is 0 Å². The van der Waals surface area contributed by atoms with E-state index in [1.54, 1.807) is 6.07 Å². The van der Waals surface area contributed by atoms with Gasteiger partial charge in [-0.05, 0) is 24.1 Å². The van der Waals surface area contributed by atoms with Crippen LogP contribution in [0.2, 0.25) is 0 Å². The van der Waals surface area contributed by atoms with Gasteiger partial charge in [0, 0.05) is 37.3 Å². The van der Waals surface area contributed by atoms with Crippen LogP contribution in [0.3, 0.4) is 0 Å². The Hall–Kier alpha value is -3.09. The van der Waals surface area contributed by atoms with Gasteiger partial charge in [0.2, 0.25) is 0 Å². The monoisotopic (exact) mass is 341 g/mol. The minimum Gasteiger partial charge on any atom is -0.493 e. The summed E-state index contributed by atoms with van der Waals surface area (Å²) >= 11 is 0. The second-order valence-electron chi connectivity index (χ2n) is 5.82. The molecule has 0 saturated carbocycles. The Morgan fingerprint density at radius 1 is 1.32 bits per heavy atom. The summed E-state index contributed by atoms with van der Waals surface area (Å²) < 4.78 is 5.66. The van der Waals surface area contributed by atoms with Crippen LogP contribution >= 0.6 is 0 Å². The van der Waals surface area contributed by atoms with Gasteiger partial charge in [0.25, 0.3) is 11.6 Å². The maximum Gasteiger partial charge on any atom is 0.270 e. The first kappa shape index (κ1) is 16.8. The van der Waals surface area contributed by atoms with E-state index in [0.717, 1.165) is 17.7 Å². The van der Waals surface area contributed by atoms with Crippen molar-refractivity contribution in [3.8, 4) is 5.75 Å². The normalized spacial score (nSPS) is 15.6. The summed E-state index contributed by atoms with van der Waals surface area (Å²) in [5.41, 5.74) is 1.86. The molecule has 1 amide bonds. The number of nitro benzene ring substituents is 1. The summed E-state index contributed by atoms with van der Waals surface area (Å²) in [6.07, 6.45) is 0.867. The van der Waals surface area contributed by atoms with Crippen LogP contribution in [-0.4, -0.2) is 31.0 Å². The topological polar surface area (TPSA) is 93.5 Å². The first-order chi connectivity index (χ1) is 12.1. The Morgan fingerprint density at radius 2 is 2.12 bits per heavy atom. The zero-order valence-electron chi connectivity index (χ0n) is 13.8. The van der Waals surface area contributed by atoms with E-state index in [9.17, 15) is 14.9 Å². The van der Waals surface area contributed by atoms with E-state index in [0.29, 0.717) is 18.8 Å². The molecule has 1 heterocycles.